The minimum Gasteiger partial charge on any atom is -0.248 e. The van der Waals surface area contributed by atoms with Gasteiger partial charge in [0.05, 0.1) is 11.4 Å². The van der Waals surface area contributed by atoms with E-state index in [1.165, 1.54) is 0 Å². The van der Waals surface area contributed by atoms with E-state index in [0.717, 1.165) is 39.1 Å². The number of benzene rings is 2. The first-order valence-electron chi connectivity index (χ1n) is 11.5. The van der Waals surface area contributed by atoms with Crippen molar-refractivity contribution in [3.63, 3.8) is 0 Å². The first-order chi connectivity index (χ1) is 16.9. The molecule has 0 unspecified atom stereocenters. The van der Waals surface area contributed by atoms with Gasteiger partial charge in [0.1, 0.15) is 0 Å². The van der Waals surface area contributed by atoms with E-state index in [9.17, 15) is 0 Å². The molecule has 178 valence electrons. The topological polar surface area (TPSA) is 12.4 Å². The second-order valence-corrected chi connectivity index (χ2v) is 7.70. The molecule has 0 N–H and O–H groups in total. The predicted molar refractivity (Wildman–Crippen MR) is 160 cm³/mol. The summed E-state index contributed by atoms with van der Waals surface area (Å²) in [5.41, 5.74) is 7.89. The molecule has 0 aromatic heterocycles. The van der Waals surface area contributed by atoms with Crippen LogP contribution in [0, 0.1) is 0 Å². The summed E-state index contributed by atoms with van der Waals surface area (Å²) in [5, 5.41) is 0. The highest BCUT2D eigenvalue weighted by Crippen LogP contribution is 2.19. The van der Waals surface area contributed by atoms with Crippen LogP contribution in [0.5, 0.6) is 0 Å². The second kappa shape index (κ2) is 16.4. The van der Waals surface area contributed by atoms with E-state index in [2.05, 4.69) is 76.2 Å². The lowest BCUT2D eigenvalue weighted by Gasteiger charge is -2.08. The first kappa shape index (κ1) is 28.8. The summed E-state index contributed by atoms with van der Waals surface area (Å²) in [5.74, 6) is 0. The molecule has 1 heteroatoms. The van der Waals surface area contributed by atoms with E-state index in [-0.39, 0.29) is 0 Å². The minimum absolute atomic E-state index is 0.645. The molecule has 0 aliphatic heterocycles. The van der Waals surface area contributed by atoms with Gasteiger partial charge in [-0.1, -0.05) is 135 Å². The molecule has 35 heavy (non-hydrogen) atoms. The molecule has 0 atom stereocenters. The predicted octanol–water partition coefficient (Wildman–Crippen LogP) is 9.73. The Balaban J connectivity index is 0.00000194. The second-order valence-electron chi connectivity index (χ2n) is 7.70. The van der Waals surface area contributed by atoms with E-state index >= 15 is 0 Å². The Bertz CT molecular complexity index is 1160. The number of hydrogen-bond acceptors (Lipinski definition) is 1. The van der Waals surface area contributed by atoms with Gasteiger partial charge in [0.25, 0.3) is 0 Å². The molecular weight excluding hydrogens is 422 g/mol. The van der Waals surface area contributed by atoms with Gasteiger partial charge in [-0.25, -0.2) is 4.99 Å². The SMILES string of the molecule is C=C/C=C(\C=C)C(=C)N=C(/C=C(\C)c1ccc(/C=C/C=C(\C)C=C)cc1)c1ccccc1.C=CC. The van der Waals surface area contributed by atoms with Crippen molar-refractivity contribution in [3.05, 3.63) is 170 Å². The number of nitrogens with zero attached hydrogens (tertiary/aromatic N) is 1. The fraction of sp³-hybridized carbons (Fsp3) is 0.0882. The van der Waals surface area contributed by atoms with Crippen molar-refractivity contribution < 1.29 is 0 Å². The zero-order chi connectivity index (χ0) is 26.1. The van der Waals surface area contributed by atoms with Gasteiger partial charge < -0.3 is 0 Å². The number of allylic oxidation sites excluding steroid dienone is 10. The van der Waals surface area contributed by atoms with Gasteiger partial charge in [0.2, 0.25) is 0 Å². The molecule has 0 saturated carbocycles. The summed E-state index contributed by atoms with van der Waals surface area (Å²) in [6, 6.07) is 18.6. The smallest absolute Gasteiger partial charge is 0.0712 e. The Morgan fingerprint density at radius 2 is 1.43 bits per heavy atom. The zero-order valence-corrected chi connectivity index (χ0v) is 21.4. The van der Waals surface area contributed by atoms with Crippen LogP contribution in [0.2, 0.25) is 0 Å². The van der Waals surface area contributed by atoms with Gasteiger partial charge in [0, 0.05) is 5.56 Å². The quantitative estimate of drug-likeness (QED) is 0.190. The molecular formula is C34H37N. The maximum Gasteiger partial charge on any atom is 0.0712 e. The van der Waals surface area contributed by atoms with Crippen molar-refractivity contribution in [2.45, 2.75) is 20.8 Å². The standard InChI is InChI=1S/C31H31N.C3H6/c1-7-14-28(9-3)26(6)32-31(30-17-11-10-12-18-30)23-25(5)29-21-19-27(20-22-29)16-13-15-24(4)8-2;1-3-2/h7-23H,1-3,6H2,4-5H3;3H,1H2,2H3/b16-13+,24-15+,25-23+,28-14+,32-31?;. The molecule has 1 nitrogen and oxygen atoms in total. The highest BCUT2D eigenvalue weighted by atomic mass is 14.8. The van der Waals surface area contributed by atoms with Crippen LogP contribution in [0.1, 0.15) is 37.5 Å². The van der Waals surface area contributed by atoms with Gasteiger partial charge in [-0.2, -0.15) is 0 Å². The number of hydrogen-bond donors (Lipinski definition) is 0. The molecule has 0 saturated heterocycles. The van der Waals surface area contributed by atoms with E-state index in [1.807, 2.05) is 68.5 Å². The summed E-state index contributed by atoms with van der Waals surface area (Å²) in [6.07, 6.45) is 17.2. The third-order valence-electron chi connectivity index (χ3n) is 4.86. The van der Waals surface area contributed by atoms with Crippen LogP contribution in [0.3, 0.4) is 0 Å². The van der Waals surface area contributed by atoms with Gasteiger partial charge in [-0.05, 0) is 49.1 Å². The monoisotopic (exact) mass is 459 g/mol. The maximum atomic E-state index is 4.82. The van der Waals surface area contributed by atoms with Crippen molar-refractivity contribution in [2.24, 2.45) is 4.99 Å². The Morgan fingerprint density at radius 1 is 0.800 bits per heavy atom. The average Bonchev–Trinajstić information content (AvgIpc) is 2.88. The average molecular weight is 460 g/mol. The summed E-state index contributed by atoms with van der Waals surface area (Å²) < 4.78 is 0. The van der Waals surface area contributed by atoms with Crippen molar-refractivity contribution in [1.82, 2.24) is 0 Å². The normalized spacial score (nSPS) is 12.4. The Labute approximate surface area is 212 Å². The lowest BCUT2D eigenvalue weighted by atomic mass is 10.0. The third-order valence-corrected chi connectivity index (χ3v) is 4.86. The van der Waals surface area contributed by atoms with Crippen LogP contribution >= 0.6 is 0 Å². The van der Waals surface area contributed by atoms with E-state index in [4.69, 9.17) is 4.99 Å². The highest BCUT2D eigenvalue weighted by molar-refractivity contribution is 6.12. The van der Waals surface area contributed by atoms with Crippen molar-refractivity contribution >= 4 is 17.4 Å². The van der Waals surface area contributed by atoms with E-state index in [1.54, 1.807) is 18.2 Å². The summed E-state index contributed by atoms with van der Waals surface area (Å²) in [7, 11) is 0. The van der Waals surface area contributed by atoms with Crippen LogP contribution in [0.25, 0.3) is 11.6 Å². The Kier molecular flexibility index (Phi) is 13.5. The van der Waals surface area contributed by atoms with Crippen LogP contribution in [0.4, 0.5) is 0 Å². The molecule has 0 aliphatic rings. The molecule has 0 fully saturated rings. The van der Waals surface area contributed by atoms with Crippen LogP contribution in [-0.4, -0.2) is 5.71 Å². The van der Waals surface area contributed by atoms with Gasteiger partial charge >= 0.3 is 0 Å². The van der Waals surface area contributed by atoms with Gasteiger partial charge in [-0.3, -0.25) is 0 Å². The largest absolute Gasteiger partial charge is 0.248 e. The number of rotatable bonds is 10. The number of aliphatic imine (C=N–C) groups is 1. The molecule has 0 aliphatic carbocycles. The molecule has 0 spiro atoms. The van der Waals surface area contributed by atoms with Gasteiger partial charge in [-0.15, -0.1) is 6.58 Å². The first-order valence-corrected chi connectivity index (χ1v) is 11.5. The van der Waals surface area contributed by atoms with Crippen LogP contribution in [-0.2, 0) is 0 Å². The fourth-order valence-corrected chi connectivity index (χ4v) is 2.93. The van der Waals surface area contributed by atoms with Crippen LogP contribution < -0.4 is 0 Å². The highest BCUT2D eigenvalue weighted by Gasteiger charge is 2.05. The molecule has 2 aromatic carbocycles. The van der Waals surface area contributed by atoms with Crippen LogP contribution in [0.15, 0.2) is 158 Å². The summed E-state index contributed by atoms with van der Waals surface area (Å²) >= 11 is 0. The molecule has 2 aromatic rings. The lowest BCUT2D eigenvalue weighted by molar-refractivity contribution is 1.36. The summed E-state index contributed by atoms with van der Waals surface area (Å²) in [4.78, 5) is 4.82. The van der Waals surface area contributed by atoms with E-state index in [0.29, 0.717) is 5.70 Å². The molecule has 0 amide bonds. The minimum atomic E-state index is 0.645. The van der Waals surface area contributed by atoms with Crippen molar-refractivity contribution in [1.29, 1.82) is 0 Å². The molecule has 0 radical (unpaired) electrons. The maximum absolute atomic E-state index is 4.82. The molecule has 2 rings (SSSR count). The molecule has 0 bridgehead atoms. The Hall–Kier alpha value is -4.23. The molecule has 0 heterocycles. The van der Waals surface area contributed by atoms with Gasteiger partial charge in [0.15, 0.2) is 0 Å². The third kappa shape index (κ3) is 10.5. The Morgan fingerprint density at radius 3 is 1.97 bits per heavy atom. The lowest BCUT2D eigenvalue weighted by Crippen LogP contribution is -1.99. The van der Waals surface area contributed by atoms with Crippen molar-refractivity contribution in [3.8, 4) is 0 Å². The van der Waals surface area contributed by atoms with E-state index < -0.39 is 0 Å². The zero-order valence-electron chi connectivity index (χ0n) is 21.4. The van der Waals surface area contributed by atoms with Crippen molar-refractivity contribution in [2.75, 3.05) is 0 Å². The summed E-state index contributed by atoms with van der Waals surface area (Å²) in [6.45, 7) is 24.9. The fourth-order valence-electron chi connectivity index (χ4n) is 2.93.